The van der Waals surface area contributed by atoms with Gasteiger partial charge in [-0.25, -0.2) is 0 Å². The van der Waals surface area contributed by atoms with Gasteiger partial charge in [-0.3, -0.25) is 10.1 Å². The fraction of sp³-hybridized carbons (Fsp3) is 0.625. The Morgan fingerprint density at radius 3 is 2.57 bits per heavy atom. The van der Waals surface area contributed by atoms with Crippen LogP contribution in [-0.4, -0.2) is 24.6 Å². The number of nitrogens with zero attached hydrogens (tertiary/aromatic N) is 1. The number of aryl methyl sites for hydroxylation is 1. The first-order valence-corrected chi connectivity index (χ1v) is 7.52. The van der Waals surface area contributed by atoms with Crippen LogP contribution in [0.2, 0.25) is 0 Å². The summed E-state index contributed by atoms with van der Waals surface area (Å²) in [6, 6.07) is 5.42. The van der Waals surface area contributed by atoms with Crippen molar-refractivity contribution in [3.05, 3.63) is 33.9 Å². The molecule has 21 heavy (non-hydrogen) atoms. The number of benzene rings is 1. The predicted octanol–water partition coefficient (Wildman–Crippen LogP) is 3.56. The van der Waals surface area contributed by atoms with Gasteiger partial charge in [0.2, 0.25) is 0 Å². The summed E-state index contributed by atoms with van der Waals surface area (Å²) >= 11 is 0. The molecule has 0 fully saturated rings. The number of hydrogen-bond acceptors (Lipinski definition) is 4. The zero-order chi connectivity index (χ0) is 15.8. The van der Waals surface area contributed by atoms with E-state index in [1.807, 2.05) is 6.07 Å². The largest absolute Gasteiger partial charge is 0.496 e. The highest BCUT2D eigenvalue weighted by atomic mass is 16.6. The minimum Gasteiger partial charge on any atom is -0.496 e. The lowest BCUT2D eigenvalue weighted by Crippen LogP contribution is -2.30. The maximum atomic E-state index is 10.9. The van der Waals surface area contributed by atoms with E-state index in [9.17, 15) is 10.1 Å². The molecule has 0 saturated carbocycles. The fourth-order valence-electron chi connectivity index (χ4n) is 2.51. The number of non-ortho nitro benzene ring substituents is 1. The van der Waals surface area contributed by atoms with E-state index in [-0.39, 0.29) is 10.6 Å². The Balaban J connectivity index is 2.76. The monoisotopic (exact) mass is 294 g/mol. The lowest BCUT2D eigenvalue weighted by Gasteiger charge is -2.20. The van der Waals surface area contributed by atoms with Crippen LogP contribution in [0.25, 0.3) is 0 Å². The van der Waals surface area contributed by atoms with E-state index in [2.05, 4.69) is 26.1 Å². The molecule has 0 saturated heterocycles. The highest BCUT2D eigenvalue weighted by Gasteiger charge is 2.13. The summed E-state index contributed by atoms with van der Waals surface area (Å²) in [6.45, 7) is 7.46. The SMILES string of the molecule is CCNC(CCc1cc(OC)cc([N+](=O)[O-])c1)CC(C)C. The van der Waals surface area contributed by atoms with Crippen molar-refractivity contribution in [2.24, 2.45) is 5.92 Å². The van der Waals surface area contributed by atoms with Gasteiger partial charge in [0.05, 0.1) is 18.1 Å². The third kappa shape index (κ3) is 6.12. The molecule has 0 aliphatic heterocycles. The lowest BCUT2D eigenvalue weighted by molar-refractivity contribution is -0.385. The van der Waals surface area contributed by atoms with E-state index < -0.39 is 0 Å². The summed E-state index contributed by atoms with van der Waals surface area (Å²) in [5, 5.41) is 14.4. The van der Waals surface area contributed by atoms with Crippen molar-refractivity contribution in [3.8, 4) is 5.75 Å². The highest BCUT2D eigenvalue weighted by molar-refractivity contribution is 5.42. The quantitative estimate of drug-likeness (QED) is 0.558. The van der Waals surface area contributed by atoms with Gasteiger partial charge in [0.15, 0.2) is 0 Å². The van der Waals surface area contributed by atoms with Gasteiger partial charge in [-0.15, -0.1) is 0 Å². The van der Waals surface area contributed by atoms with Gasteiger partial charge in [-0.05, 0) is 43.4 Å². The van der Waals surface area contributed by atoms with Crippen molar-refractivity contribution in [2.45, 2.75) is 46.1 Å². The predicted molar refractivity (Wildman–Crippen MR) is 84.9 cm³/mol. The van der Waals surface area contributed by atoms with Gasteiger partial charge in [0, 0.05) is 12.1 Å². The molecule has 0 amide bonds. The van der Waals surface area contributed by atoms with E-state index in [4.69, 9.17) is 4.74 Å². The van der Waals surface area contributed by atoms with Gasteiger partial charge in [0.1, 0.15) is 5.75 Å². The smallest absolute Gasteiger partial charge is 0.273 e. The van der Waals surface area contributed by atoms with Crippen LogP contribution in [0.4, 0.5) is 5.69 Å². The van der Waals surface area contributed by atoms with Crippen LogP contribution in [0.1, 0.15) is 39.2 Å². The molecule has 0 bridgehead atoms. The molecule has 0 heterocycles. The molecule has 1 rings (SSSR count). The van der Waals surface area contributed by atoms with Crippen LogP contribution in [0.15, 0.2) is 18.2 Å². The molecule has 0 aliphatic carbocycles. The molecule has 1 aromatic carbocycles. The average molecular weight is 294 g/mol. The van der Waals surface area contributed by atoms with Gasteiger partial charge in [-0.2, -0.15) is 0 Å². The molecular weight excluding hydrogens is 268 g/mol. The van der Waals surface area contributed by atoms with Gasteiger partial charge in [-0.1, -0.05) is 20.8 Å². The molecule has 0 aliphatic rings. The summed E-state index contributed by atoms with van der Waals surface area (Å²) in [7, 11) is 1.53. The molecule has 118 valence electrons. The second kappa shape index (κ2) is 8.62. The van der Waals surface area contributed by atoms with Gasteiger partial charge >= 0.3 is 0 Å². The van der Waals surface area contributed by atoms with Crippen molar-refractivity contribution in [2.75, 3.05) is 13.7 Å². The number of methoxy groups -OCH3 is 1. The third-order valence-electron chi connectivity index (χ3n) is 3.43. The molecule has 1 N–H and O–H groups in total. The summed E-state index contributed by atoms with van der Waals surface area (Å²) in [6.07, 6.45) is 2.89. The van der Waals surface area contributed by atoms with Crippen LogP contribution in [-0.2, 0) is 6.42 Å². The van der Waals surface area contributed by atoms with Crippen LogP contribution in [0.3, 0.4) is 0 Å². The van der Waals surface area contributed by atoms with Gasteiger partial charge in [0.25, 0.3) is 5.69 Å². The topological polar surface area (TPSA) is 64.4 Å². The van der Waals surface area contributed by atoms with Crippen LogP contribution >= 0.6 is 0 Å². The molecule has 1 aromatic rings. The van der Waals surface area contributed by atoms with Crippen LogP contribution in [0.5, 0.6) is 5.75 Å². The minimum absolute atomic E-state index is 0.0909. The zero-order valence-electron chi connectivity index (χ0n) is 13.4. The molecular formula is C16H26N2O3. The lowest BCUT2D eigenvalue weighted by atomic mass is 9.97. The minimum atomic E-state index is -0.373. The summed E-state index contributed by atoms with van der Waals surface area (Å²) in [5.41, 5.74) is 1.04. The molecule has 5 nitrogen and oxygen atoms in total. The Bertz CT molecular complexity index is 461. The standard InChI is InChI=1S/C16H26N2O3/c1-5-17-14(8-12(2)3)7-6-13-9-15(18(19)20)11-16(10-13)21-4/h9-12,14,17H,5-8H2,1-4H3. The summed E-state index contributed by atoms with van der Waals surface area (Å²) < 4.78 is 5.14. The fourth-order valence-corrected chi connectivity index (χ4v) is 2.51. The van der Waals surface area contributed by atoms with Crippen molar-refractivity contribution >= 4 is 5.69 Å². The first-order valence-electron chi connectivity index (χ1n) is 7.52. The molecule has 0 spiro atoms. The van der Waals surface area contributed by atoms with Crippen LogP contribution in [0, 0.1) is 16.0 Å². The molecule has 0 radical (unpaired) electrons. The van der Waals surface area contributed by atoms with Gasteiger partial charge < -0.3 is 10.1 Å². The average Bonchev–Trinajstić information content (AvgIpc) is 2.44. The molecule has 1 atom stereocenters. The van der Waals surface area contributed by atoms with E-state index in [1.54, 1.807) is 6.07 Å². The molecule has 5 heteroatoms. The van der Waals surface area contributed by atoms with E-state index in [1.165, 1.54) is 13.2 Å². The summed E-state index contributed by atoms with van der Waals surface area (Å²) in [4.78, 5) is 10.6. The summed E-state index contributed by atoms with van der Waals surface area (Å²) in [5.74, 6) is 1.18. The first-order chi connectivity index (χ1) is 9.96. The third-order valence-corrected chi connectivity index (χ3v) is 3.43. The van der Waals surface area contributed by atoms with E-state index in [0.29, 0.717) is 17.7 Å². The Hall–Kier alpha value is -1.62. The van der Waals surface area contributed by atoms with Crippen molar-refractivity contribution < 1.29 is 9.66 Å². The Morgan fingerprint density at radius 1 is 1.33 bits per heavy atom. The number of hydrogen-bond donors (Lipinski definition) is 1. The number of nitro benzene ring substituents is 1. The van der Waals surface area contributed by atoms with E-state index in [0.717, 1.165) is 31.4 Å². The molecule has 1 unspecified atom stereocenters. The second-order valence-electron chi connectivity index (χ2n) is 5.72. The normalized spacial score (nSPS) is 12.4. The zero-order valence-corrected chi connectivity index (χ0v) is 13.4. The molecule has 0 aromatic heterocycles. The maximum absolute atomic E-state index is 10.9. The van der Waals surface area contributed by atoms with Crippen molar-refractivity contribution in [1.82, 2.24) is 5.32 Å². The highest BCUT2D eigenvalue weighted by Crippen LogP contribution is 2.24. The number of nitro groups is 1. The number of nitrogens with one attached hydrogen (secondary N) is 1. The Kier molecular flexibility index (Phi) is 7.15. The van der Waals surface area contributed by atoms with Crippen LogP contribution < -0.4 is 10.1 Å². The first kappa shape index (κ1) is 17.4. The van der Waals surface area contributed by atoms with Crippen molar-refractivity contribution in [3.63, 3.8) is 0 Å². The van der Waals surface area contributed by atoms with Crippen molar-refractivity contribution in [1.29, 1.82) is 0 Å². The Morgan fingerprint density at radius 2 is 2.05 bits per heavy atom. The van der Waals surface area contributed by atoms with E-state index >= 15 is 0 Å². The second-order valence-corrected chi connectivity index (χ2v) is 5.72. The number of rotatable bonds is 9. The number of ether oxygens (including phenoxy) is 1. The maximum Gasteiger partial charge on any atom is 0.273 e. The Labute approximate surface area is 126 Å².